The average Bonchev–Trinajstić information content (AvgIpc) is 3.10. The second kappa shape index (κ2) is 8.37. The van der Waals surface area contributed by atoms with Crippen LogP contribution in [0.25, 0.3) is 16.4 Å². The van der Waals surface area contributed by atoms with E-state index in [9.17, 15) is 4.79 Å². The minimum atomic E-state index is 0.00752. The molecule has 0 fully saturated rings. The van der Waals surface area contributed by atoms with Gasteiger partial charge in [-0.1, -0.05) is 38.1 Å². The fourth-order valence-electron chi connectivity index (χ4n) is 3.50. The molecule has 0 bridgehead atoms. The van der Waals surface area contributed by atoms with Gasteiger partial charge in [0.05, 0.1) is 11.1 Å². The third-order valence-electron chi connectivity index (χ3n) is 5.13. The van der Waals surface area contributed by atoms with Crippen molar-refractivity contribution in [2.45, 2.75) is 39.7 Å². The Morgan fingerprint density at radius 3 is 2.69 bits per heavy atom. The lowest BCUT2D eigenvalue weighted by Crippen LogP contribution is -2.33. The Bertz CT molecular complexity index is 879. The molecule has 3 rings (SSSR count). The molecule has 1 N–H and O–H groups in total. The highest BCUT2D eigenvalue weighted by atomic mass is 16.1. The van der Waals surface area contributed by atoms with E-state index in [2.05, 4.69) is 59.7 Å². The highest BCUT2D eigenvalue weighted by Crippen LogP contribution is 2.19. The summed E-state index contributed by atoms with van der Waals surface area (Å²) in [6.07, 6.45) is 4.04. The standard InChI is InChI=1S/C22H29N3O/c1-4-24(5-2)14-8-9-17(3)23-22(26)19-15-20-13-12-18-10-6-7-11-21(18)25(20)16-19/h6-7,10-13,15-17H,4-5,8-9,14H2,1-3H3,(H,23,26). The molecule has 1 amide bonds. The van der Waals surface area contributed by atoms with Gasteiger partial charge in [0, 0.05) is 17.8 Å². The minimum absolute atomic E-state index is 0.00752. The number of carbonyl (C=O) groups excluding carboxylic acids is 1. The number of hydrogen-bond donors (Lipinski definition) is 1. The van der Waals surface area contributed by atoms with Crippen molar-refractivity contribution in [3.05, 3.63) is 54.2 Å². The van der Waals surface area contributed by atoms with Gasteiger partial charge < -0.3 is 14.6 Å². The Morgan fingerprint density at radius 2 is 1.92 bits per heavy atom. The summed E-state index contributed by atoms with van der Waals surface area (Å²) in [5.74, 6) is 0.00752. The van der Waals surface area contributed by atoms with Gasteiger partial charge in [0.25, 0.3) is 5.91 Å². The van der Waals surface area contributed by atoms with Gasteiger partial charge in [-0.2, -0.15) is 0 Å². The Labute approximate surface area is 155 Å². The molecule has 2 aromatic heterocycles. The molecule has 0 radical (unpaired) electrons. The van der Waals surface area contributed by atoms with Crippen LogP contribution in [0.4, 0.5) is 0 Å². The molecule has 2 heterocycles. The Kier molecular flexibility index (Phi) is 5.94. The van der Waals surface area contributed by atoms with E-state index >= 15 is 0 Å². The molecule has 1 unspecified atom stereocenters. The second-order valence-electron chi connectivity index (χ2n) is 6.96. The maximum Gasteiger partial charge on any atom is 0.253 e. The SMILES string of the molecule is CCN(CC)CCCC(C)NC(=O)c1cc2ccc3ccccc3n2c1. The van der Waals surface area contributed by atoms with Crippen molar-refractivity contribution in [3.8, 4) is 0 Å². The van der Waals surface area contributed by atoms with Crippen LogP contribution in [-0.2, 0) is 0 Å². The summed E-state index contributed by atoms with van der Waals surface area (Å²) >= 11 is 0. The number of para-hydroxylation sites is 1. The molecule has 3 aromatic rings. The van der Waals surface area contributed by atoms with Crippen molar-refractivity contribution in [1.29, 1.82) is 0 Å². The fraction of sp³-hybridized carbons (Fsp3) is 0.409. The van der Waals surface area contributed by atoms with E-state index in [0.29, 0.717) is 0 Å². The molecule has 0 aliphatic carbocycles. The Morgan fingerprint density at radius 1 is 1.15 bits per heavy atom. The predicted octanol–water partition coefficient (Wildman–Crippen LogP) is 4.33. The smallest absolute Gasteiger partial charge is 0.253 e. The van der Waals surface area contributed by atoms with E-state index in [0.717, 1.165) is 49.1 Å². The third-order valence-corrected chi connectivity index (χ3v) is 5.13. The summed E-state index contributed by atoms with van der Waals surface area (Å²) in [6, 6.07) is 14.5. The van der Waals surface area contributed by atoms with Crippen LogP contribution in [0.5, 0.6) is 0 Å². The van der Waals surface area contributed by atoms with Crippen LogP contribution in [0.3, 0.4) is 0 Å². The third kappa shape index (κ3) is 4.07. The molecular weight excluding hydrogens is 322 g/mol. The summed E-state index contributed by atoms with van der Waals surface area (Å²) in [5.41, 5.74) is 2.89. The van der Waals surface area contributed by atoms with Crippen LogP contribution in [0.2, 0.25) is 0 Å². The monoisotopic (exact) mass is 351 g/mol. The number of rotatable bonds is 8. The molecule has 4 heteroatoms. The van der Waals surface area contributed by atoms with Crippen LogP contribution in [-0.4, -0.2) is 40.9 Å². The van der Waals surface area contributed by atoms with Crippen LogP contribution in [0.15, 0.2) is 48.7 Å². The minimum Gasteiger partial charge on any atom is -0.350 e. The number of fused-ring (bicyclic) bond motifs is 3. The van der Waals surface area contributed by atoms with E-state index in [1.165, 1.54) is 5.39 Å². The number of benzene rings is 1. The zero-order chi connectivity index (χ0) is 18.5. The first-order valence-corrected chi connectivity index (χ1v) is 9.65. The zero-order valence-electron chi connectivity index (χ0n) is 16.0. The number of aromatic nitrogens is 1. The predicted molar refractivity (Wildman–Crippen MR) is 109 cm³/mol. The zero-order valence-corrected chi connectivity index (χ0v) is 16.0. The van der Waals surface area contributed by atoms with Gasteiger partial charge in [0.2, 0.25) is 0 Å². The first kappa shape index (κ1) is 18.5. The number of pyridine rings is 1. The maximum absolute atomic E-state index is 12.6. The van der Waals surface area contributed by atoms with Gasteiger partial charge >= 0.3 is 0 Å². The van der Waals surface area contributed by atoms with E-state index in [1.807, 2.05) is 24.4 Å². The summed E-state index contributed by atoms with van der Waals surface area (Å²) in [4.78, 5) is 15.1. The van der Waals surface area contributed by atoms with Crippen molar-refractivity contribution in [2.75, 3.05) is 19.6 Å². The van der Waals surface area contributed by atoms with Gasteiger partial charge in [-0.05, 0) is 63.0 Å². The van der Waals surface area contributed by atoms with Crippen molar-refractivity contribution in [3.63, 3.8) is 0 Å². The fourth-order valence-corrected chi connectivity index (χ4v) is 3.50. The van der Waals surface area contributed by atoms with E-state index in [1.54, 1.807) is 0 Å². The molecule has 26 heavy (non-hydrogen) atoms. The molecule has 0 saturated carbocycles. The molecule has 138 valence electrons. The van der Waals surface area contributed by atoms with Gasteiger partial charge in [-0.3, -0.25) is 4.79 Å². The molecule has 1 atom stereocenters. The quantitative estimate of drug-likeness (QED) is 0.656. The van der Waals surface area contributed by atoms with Crippen molar-refractivity contribution in [1.82, 2.24) is 14.6 Å². The van der Waals surface area contributed by atoms with Crippen LogP contribution >= 0.6 is 0 Å². The number of nitrogens with one attached hydrogen (secondary N) is 1. The Balaban J connectivity index is 1.65. The summed E-state index contributed by atoms with van der Waals surface area (Å²) in [7, 11) is 0. The lowest BCUT2D eigenvalue weighted by molar-refractivity contribution is 0.0937. The van der Waals surface area contributed by atoms with Crippen molar-refractivity contribution in [2.24, 2.45) is 0 Å². The van der Waals surface area contributed by atoms with E-state index in [4.69, 9.17) is 0 Å². The maximum atomic E-state index is 12.6. The van der Waals surface area contributed by atoms with Crippen LogP contribution < -0.4 is 5.32 Å². The molecule has 0 aliphatic rings. The lowest BCUT2D eigenvalue weighted by atomic mass is 10.1. The molecular formula is C22H29N3O. The summed E-state index contributed by atoms with van der Waals surface area (Å²) in [5, 5.41) is 4.32. The molecule has 0 saturated heterocycles. The first-order valence-electron chi connectivity index (χ1n) is 9.65. The first-order chi connectivity index (χ1) is 12.6. The number of amides is 1. The van der Waals surface area contributed by atoms with Gasteiger partial charge in [0.1, 0.15) is 0 Å². The number of hydrogen-bond acceptors (Lipinski definition) is 2. The van der Waals surface area contributed by atoms with E-state index < -0.39 is 0 Å². The Hall–Kier alpha value is -2.33. The largest absolute Gasteiger partial charge is 0.350 e. The average molecular weight is 351 g/mol. The van der Waals surface area contributed by atoms with Crippen LogP contribution in [0.1, 0.15) is 44.0 Å². The highest BCUT2D eigenvalue weighted by molar-refractivity contribution is 5.97. The van der Waals surface area contributed by atoms with Gasteiger partial charge in [-0.25, -0.2) is 0 Å². The molecule has 4 nitrogen and oxygen atoms in total. The second-order valence-corrected chi connectivity index (χ2v) is 6.96. The number of nitrogens with zero attached hydrogens (tertiary/aromatic N) is 2. The summed E-state index contributed by atoms with van der Waals surface area (Å²) < 4.78 is 2.09. The van der Waals surface area contributed by atoms with Crippen molar-refractivity contribution < 1.29 is 4.79 Å². The van der Waals surface area contributed by atoms with Crippen molar-refractivity contribution >= 4 is 22.3 Å². The molecule has 0 aliphatic heterocycles. The van der Waals surface area contributed by atoms with E-state index in [-0.39, 0.29) is 11.9 Å². The molecule has 1 aromatic carbocycles. The van der Waals surface area contributed by atoms with Gasteiger partial charge in [-0.15, -0.1) is 0 Å². The topological polar surface area (TPSA) is 36.8 Å². The highest BCUT2D eigenvalue weighted by Gasteiger charge is 2.13. The normalized spacial score (nSPS) is 12.8. The number of carbonyl (C=O) groups is 1. The lowest BCUT2D eigenvalue weighted by Gasteiger charge is -2.19. The summed E-state index contributed by atoms with van der Waals surface area (Å²) in [6.45, 7) is 9.73. The molecule has 0 spiro atoms. The van der Waals surface area contributed by atoms with Crippen LogP contribution in [0, 0.1) is 0 Å². The van der Waals surface area contributed by atoms with Gasteiger partial charge in [0.15, 0.2) is 0 Å².